The molecule has 0 saturated carbocycles. The van der Waals surface area contributed by atoms with Crippen LogP contribution < -0.4 is 10.5 Å². The highest BCUT2D eigenvalue weighted by Gasteiger charge is 2.15. The molecule has 8 heteroatoms. The van der Waals surface area contributed by atoms with Gasteiger partial charge < -0.3 is 5.32 Å². The zero-order valence-electron chi connectivity index (χ0n) is 14.5. The van der Waals surface area contributed by atoms with Crippen molar-refractivity contribution >= 4 is 27.3 Å². The predicted molar refractivity (Wildman–Crippen MR) is 102 cm³/mol. The lowest BCUT2D eigenvalue weighted by Crippen LogP contribution is -2.29. The summed E-state index contributed by atoms with van der Waals surface area (Å²) in [6.45, 7) is 3.69. The van der Waals surface area contributed by atoms with Crippen LogP contribution in [0.25, 0.3) is 0 Å². The average molecular weight is 394 g/mol. The van der Waals surface area contributed by atoms with Crippen LogP contribution in [-0.2, 0) is 23.1 Å². The Morgan fingerprint density at radius 3 is 2.38 bits per heavy atom. The van der Waals surface area contributed by atoms with E-state index in [0.717, 1.165) is 23.4 Å². The van der Waals surface area contributed by atoms with Gasteiger partial charge in [-0.25, -0.2) is 13.6 Å². The normalized spacial score (nSPS) is 15.7. The maximum Gasteiger partial charge on any atom is 0.252 e. The molecule has 1 saturated heterocycles. The first-order chi connectivity index (χ1) is 12.4. The van der Waals surface area contributed by atoms with Gasteiger partial charge in [-0.15, -0.1) is 11.3 Å². The topological polar surface area (TPSA) is 92.5 Å². The third-order valence-electron chi connectivity index (χ3n) is 4.45. The summed E-state index contributed by atoms with van der Waals surface area (Å²) in [5.41, 5.74) is 2.58. The van der Waals surface area contributed by atoms with E-state index in [9.17, 15) is 13.2 Å². The largest absolute Gasteiger partial charge is 0.348 e. The van der Waals surface area contributed by atoms with E-state index in [1.165, 1.54) is 49.4 Å². The SMILES string of the molecule is NS(=O)(=O)c1cc(C(=O)NCc2ccc(CN3CCCCC3)cc2)cs1. The lowest BCUT2D eigenvalue weighted by Gasteiger charge is -2.26. The number of carbonyl (C=O) groups excluding carboxylic acids is 1. The molecular formula is C18H23N3O3S2. The highest BCUT2D eigenvalue weighted by molar-refractivity contribution is 7.91. The number of likely N-dealkylation sites (tertiary alicyclic amines) is 1. The van der Waals surface area contributed by atoms with Gasteiger partial charge in [0.25, 0.3) is 5.91 Å². The molecule has 3 N–H and O–H groups in total. The molecule has 1 amide bonds. The maximum absolute atomic E-state index is 12.1. The third kappa shape index (κ3) is 5.14. The molecule has 0 radical (unpaired) electrons. The zero-order valence-corrected chi connectivity index (χ0v) is 16.1. The molecule has 1 fully saturated rings. The van der Waals surface area contributed by atoms with Gasteiger partial charge in [0.05, 0.1) is 5.56 Å². The van der Waals surface area contributed by atoms with Gasteiger partial charge in [0.1, 0.15) is 4.21 Å². The second-order valence-corrected chi connectivity index (χ2v) is 9.23. The minimum atomic E-state index is -3.77. The number of hydrogen-bond donors (Lipinski definition) is 2. The van der Waals surface area contributed by atoms with Gasteiger partial charge in [-0.3, -0.25) is 9.69 Å². The van der Waals surface area contributed by atoms with Crippen LogP contribution in [0.5, 0.6) is 0 Å². The van der Waals surface area contributed by atoms with Crippen LogP contribution >= 0.6 is 11.3 Å². The lowest BCUT2D eigenvalue weighted by molar-refractivity contribution is 0.0951. The lowest BCUT2D eigenvalue weighted by atomic mass is 10.1. The number of nitrogens with two attached hydrogens (primary N) is 1. The first-order valence-corrected chi connectivity index (χ1v) is 11.0. The minimum absolute atomic E-state index is 0.00952. The standard InChI is InChI=1S/C18H23N3O3S2/c19-26(23,24)17-10-16(13-25-17)18(22)20-11-14-4-6-15(7-5-14)12-21-8-2-1-3-9-21/h4-7,10,13H,1-3,8-9,11-12H2,(H,20,22)(H2,19,23,24). The van der Waals surface area contributed by atoms with Crippen molar-refractivity contribution in [2.24, 2.45) is 5.14 Å². The summed E-state index contributed by atoms with van der Waals surface area (Å²) in [6, 6.07) is 9.53. The summed E-state index contributed by atoms with van der Waals surface area (Å²) in [5, 5.41) is 9.36. The summed E-state index contributed by atoms with van der Waals surface area (Å²) in [7, 11) is -3.77. The van der Waals surface area contributed by atoms with Crippen molar-refractivity contribution in [3.05, 3.63) is 52.4 Å². The van der Waals surface area contributed by atoms with Gasteiger partial charge in [-0.1, -0.05) is 30.7 Å². The van der Waals surface area contributed by atoms with Crippen molar-refractivity contribution in [3.8, 4) is 0 Å². The molecule has 1 aliphatic rings. The molecule has 1 aromatic carbocycles. The number of benzene rings is 1. The van der Waals surface area contributed by atoms with E-state index in [0.29, 0.717) is 12.1 Å². The van der Waals surface area contributed by atoms with Crippen LogP contribution in [0.4, 0.5) is 0 Å². The number of amides is 1. The molecule has 0 unspecified atom stereocenters. The van der Waals surface area contributed by atoms with Gasteiger partial charge in [0.15, 0.2) is 0 Å². The van der Waals surface area contributed by atoms with Gasteiger partial charge >= 0.3 is 0 Å². The quantitative estimate of drug-likeness (QED) is 0.788. The van der Waals surface area contributed by atoms with E-state index in [1.807, 2.05) is 12.1 Å². The van der Waals surface area contributed by atoms with Crippen LogP contribution in [0.3, 0.4) is 0 Å². The smallest absolute Gasteiger partial charge is 0.252 e. The van der Waals surface area contributed by atoms with Gasteiger partial charge in [0.2, 0.25) is 10.0 Å². The number of thiophene rings is 1. The van der Waals surface area contributed by atoms with Crippen LogP contribution in [0, 0.1) is 0 Å². The number of nitrogens with one attached hydrogen (secondary N) is 1. The van der Waals surface area contributed by atoms with Crippen LogP contribution in [0.2, 0.25) is 0 Å². The van der Waals surface area contributed by atoms with Crippen molar-refractivity contribution in [2.75, 3.05) is 13.1 Å². The molecule has 0 bridgehead atoms. The van der Waals surface area contributed by atoms with E-state index in [1.54, 1.807) is 0 Å². The minimum Gasteiger partial charge on any atom is -0.348 e. The second-order valence-electron chi connectivity index (χ2n) is 6.54. The molecule has 2 aromatic rings. The fourth-order valence-electron chi connectivity index (χ4n) is 3.01. The van der Waals surface area contributed by atoms with E-state index < -0.39 is 10.0 Å². The van der Waals surface area contributed by atoms with Crippen molar-refractivity contribution in [1.82, 2.24) is 10.2 Å². The van der Waals surface area contributed by atoms with Gasteiger partial charge in [-0.2, -0.15) is 0 Å². The Hall–Kier alpha value is -1.74. The average Bonchev–Trinajstić information content (AvgIpc) is 3.12. The molecule has 2 heterocycles. The maximum atomic E-state index is 12.1. The van der Waals surface area contributed by atoms with Crippen LogP contribution in [-0.4, -0.2) is 32.3 Å². The Bertz CT molecular complexity index is 854. The molecule has 0 aliphatic carbocycles. The molecule has 26 heavy (non-hydrogen) atoms. The number of piperidine rings is 1. The Morgan fingerprint density at radius 2 is 1.77 bits per heavy atom. The highest BCUT2D eigenvalue weighted by Crippen LogP contribution is 2.19. The number of nitrogens with zero attached hydrogens (tertiary/aromatic N) is 1. The molecule has 140 valence electrons. The number of primary sulfonamides is 1. The Labute approximate surface area is 158 Å². The number of sulfonamides is 1. The summed E-state index contributed by atoms with van der Waals surface area (Å²) >= 11 is 0.946. The van der Waals surface area contributed by atoms with E-state index >= 15 is 0 Å². The number of rotatable bonds is 6. The first kappa shape index (κ1) is 19.0. The Morgan fingerprint density at radius 1 is 1.12 bits per heavy atom. The zero-order chi connectivity index (χ0) is 18.6. The number of carbonyl (C=O) groups is 1. The molecular weight excluding hydrogens is 370 g/mol. The molecule has 6 nitrogen and oxygen atoms in total. The van der Waals surface area contributed by atoms with Gasteiger partial charge in [0, 0.05) is 18.5 Å². The summed E-state index contributed by atoms with van der Waals surface area (Å²) < 4.78 is 22.5. The Balaban J connectivity index is 1.52. The van der Waals surface area contributed by atoms with Crippen molar-refractivity contribution in [2.45, 2.75) is 36.6 Å². The predicted octanol–water partition coefficient (Wildman–Crippen LogP) is 2.31. The summed E-state index contributed by atoms with van der Waals surface area (Å²) in [6.07, 6.45) is 3.89. The van der Waals surface area contributed by atoms with E-state index in [4.69, 9.17) is 5.14 Å². The van der Waals surface area contributed by atoms with Crippen LogP contribution in [0.1, 0.15) is 40.7 Å². The first-order valence-electron chi connectivity index (χ1n) is 8.61. The molecule has 0 atom stereocenters. The van der Waals surface area contributed by atoms with Crippen molar-refractivity contribution in [3.63, 3.8) is 0 Å². The summed E-state index contributed by atoms with van der Waals surface area (Å²) in [4.78, 5) is 14.6. The van der Waals surface area contributed by atoms with Crippen molar-refractivity contribution < 1.29 is 13.2 Å². The molecule has 0 spiro atoms. The fourth-order valence-corrected chi connectivity index (χ4v) is 4.59. The van der Waals surface area contributed by atoms with E-state index in [2.05, 4.69) is 22.3 Å². The van der Waals surface area contributed by atoms with Gasteiger partial charge in [-0.05, 0) is 43.1 Å². The molecule has 1 aromatic heterocycles. The third-order valence-corrected chi connectivity index (χ3v) is 6.84. The van der Waals surface area contributed by atoms with Crippen molar-refractivity contribution in [1.29, 1.82) is 0 Å². The molecule has 3 rings (SSSR count). The van der Waals surface area contributed by atoms with E-state index in [-0.39, 0.29) is 10.1 Å². The summed E-state index contributed by atoms with van der Waals surface area (Å²) in [5.74, 6) is -0.312. The second kappa shape index (κ2) is 8.30. The monoisotopic (exact) mass is 393 g/mol. The Kier molecular flexibility index (Phi) is 6.08. The highest BCUT2D eigenvalue weighted by atomic mass is 32.2. The number of hydrogen-bond acceptors (Lipinski definition) is 5. The fraction of sp³-hybridized carbons (Fsp3) is 0.389. The molecule has 1 aliphatic heterocycles. The van der Waals surface area contributed by atoms with Crippen LogP contribution in [0.15, 0.2) is 39.9 Å².